The van der Waals surface area contributed by atoms with Gasteiger partial charge in [0.05, 0.1) is 20.8 Å². The van der Waals surface area contributed by atoms with E-state index in [4.69, 9.17) is 14.2 Å². The number of carbonyl (C=O) groups is 1. The monoisotopic (exact) mass is 432 g/mol. The molecule has 0 saturated carbocycles. The number of carboxylic acid groups (broad SMARTS) is 1. The highest BCUT2D eigenvalue weighted by molar-refractivity contribution is 7.21. The first-order chi connectivity index (χ1) is 14.5. The zero-order chi connectivity index (χ0) is 21.5. The summed E-state index contributed by atoms with van der Waals surface area (Å²) >= 11 is 1.18. The molecule has 160 valence electrons. The van der Waals surface area contributed by atoms with E-state index in [1.54, 1.807) is 14.2 Å². The van der Waals surface area contributed by atoms with Crippen molar-refractivity contribution < 1.29 is 34.5 Å². The van der Waals surface area contributed by atoms with Crippen molar-refractivity contribution in [2.24, 2.45) is 0 Å². The van der Waals surface area contributed by atoms with Crippen molar-refractivity contribution in [3.63, 3.8) is 0 Å². The van der Waals surface area contributed by atoms with Crippen LogP contribution in [0.5, 0.6) is 17.2 Å². The molecule has 0 spiro atoms. The largest absolute Gasteiger partial charge is 0.493 e. The highest BCUT2D eigenvalue weighted by Gasteiger charge is 2.20. The van der Waals surface area contributed by atoms with E-state index in [2.05, 4.69) is 0 Å². The average Bonchev–Trinajstić information content (AvgIpc) is 3.14. The molecule has 3 rings (SSSR count). The first-order valence-electron chi connectivity index (χ1n) is 9.61. The first kappa shape index (κ1) is 21.9. The number of hydrogen-bond donors (Lipinski definition) is 3. The molecule has 0 fully saturated rings. The van der Waals surface area contributed by atoms with Gasteiger partial charge in [0.1, 0.15) is 19.3 Å². The molecule has 1 unspecified atom stereocenters. The van der Waals surface area contributed by atoms with E-state index in [1.807, 2.05) is 47.8 Å². The molecule has 4 N–H and O–H groups in total. The molecule has 30 heavy (non-hydrogen) atoms. The maximum atomic E-state index is 11.5. The molecule has 0 aliphatic heterocycles. The second-order valence-electron chi connectivity index (χ2n) is 6.78. The van der Waals surface area contributed by atoms with Gasteiger partial charge in [0, 0.05) is 16.5 Å². The van der Waals surface area contributed by atoms with Crippen LogP contribution in [0.2, 0.25) is 0 Å². The Morgan fingerprint density at radius 3 is 2.63 bits per heavy atom. The van der Waals surface area contributed by atoms with E-state index in [0.29, 0.717) is 23.8 Å². The Labute approximate surface area is 178 Å². The number of quaternary nitrogens is 1. The Bertz CT molecular complexity index is 1000. The van der Waals surface area contributed by atoms with Gasteiger partial charge in [0.25, 0.3) is 0 Å². The molecule has 8 heteroatoms. The van der Waals surface area contributed by atoms with Crippen molar-refractivity contribution in [1.29, 1.82) is 0 Å². The molecule has 3 aromatic rings. The second kappa shape index (κ2) is 10.3. The van der Waals surface area contributed by atoms with E-state index >= 15 is 0 Å². The summed E-state index contributed by atoms with van der Waals surface area (Å²) in [6.07, 6.45) is 0.0995. The number of methoxy groups -OCH3 is 2. The summed E-state index contributed by atoms with van der Waals surface area (Å²) in [4.78, 5) is 11.7. The average molecular weight is 433 g/mol. The summed E-state index contributed by atoms with van der Waals surface area (Å²) < 4.78 is 17.1. The zero-order valence-electron chi connectivity index (χ0n) is 17.0. The van der Waals surface area contributed by atoms with Gasteiger partial charge in [-0.15, -0.1) is 11.3 Å². The smallest absolute Gasteiger partial charge is 0.349 e. The Balaban J connectivity index is 1.49. The summed E-state index contributed by atoms with van der Waals surface area (Å²) in [6.45, 7) is 1.28. The molecule has 1 aromatic heterocycles. The van der Waals surface area contributed by atoms with Crippen LogP contribution in [0, 0.1) is 0 Å². The van der Waals surface area contributed by atoms with Crippen LogP contribution >= 0.6 is 11.3 Å². The summed E-state index contributed by atoms with van der Waals surface area (Å²) in [6, 6.07) is 13.2. The molecule has 0 amide bonds. The van der Waals surface area contributed by atoms with E-state index < -0.39 is 12.1 Å². The highest BCUT2D eigenvalue weighted by Crippen LogP contribution is 2.37. The summed E-state index contributed by atoms with van der Waals surface area (Å²) in [5.41, 5.74) is 1.12. The van der Waals surface area contributed by atoms with Gasteiger partial charge in [-0.25, -0.2) is 4.79 Å². The van der Waals surface area contributed by atoms with Crippen LogP contribution in [0.1, 0.15) is 15.2 Å². The van der Waals surface area contributed by atoms with Crippen LogP contribution < -0.4 is 19.5 Å². The van der Waals surface area contributed by atoms with Crippen molar-refractivity contribution >= 4 is 27.4 Å². The minimum atomic E-state index is -1.03. The van der Waals surface area contributed by atoms with Gasteiger partial charge in [-0.1, -0.05) is 18.2 Å². The minimum Gasteiger partial charge on any atom is -0.493 e. The molecule has 2 aromatic carbocycles. The van der Waals surface area contributed by atoms with E-state index in [-0.39, 0.29) is 11.5 Å². The van der Waals surface area contributed by atoms with Crippen LogP contribution in [0.15, 0.2) is 42.5 Å². The van der Waals surface area contributed by atoms with E-state index in [9.17, 15) is 15.0 Å². The number of carboxylic acids is 1. The molecular formula is C22H26NO6S+. The van der Waals surface area contributed by atoms with Crippen molar-refractivity contribution in [3.05, 3.63) is 52.9 Å². The van der Waals surface area contributed by atoms with Gasteiger partial charge in [0.2, 0.25) is 0 Å². The van der Waals surface area contributed by atoms with Crippen LogP contribution in [-0.4, -0.2) is 56.2 Å². The molecule has 7 nitrogen and oxygen atoms in total. The number of ether oxygens (including phenoxy) is 3. The highest BCUT2D eigenvalue weighted by atomic mass is 32.1. The van der Waals surface area contributed by atoms with E-state index in [1.165, 1.54) is 11.3 Å². The standard InChI is InChI=1S/C22H25NO6S/c1-27-17-8-7-14(11-18(17)28-2)9-10-23-12-15(24)13-29-20-16-5-3-4-6-19(16)30-21(20)22(25)26/h3-8,11,15,23-24H,9-10,12-13H2,1-2H3,(H,25,26)/p+1. The Morgan fingerprint density at radius 1 is 1.13 bits per heavy atom. The van der Waals surface area contributed by atoms with Crippen molar-refractivity contribution in [2.75, 3.05) is 33.9 Å². The lowest BCUT2D eigenvalue weighted by Crippen LogP contribution is -2.87. The molecule has 1 atom stereocenters. The van der Waals surface area contributed by atoms with Crippen LogP contribution in [0.25, 0.3) is 10.1 Å². The predicted molar refractivity (Wildman–Crippen MR) is 115 cm³/mol. The lowest BCUT2D eigenvalue weighted by atomic mass is 10.1. The Kier molecular flexibility index (Phi) is 7.51. The lowest BCUT2D eigenvalue weighted by molar-refractivity contribution is -0.660. The number of benzene rings is 2. The molecule has 0 bridgehead atoms. The van der Waals surface area contributed by atoms with Crippen molar-refractivity contribution in [3.8, 4) is 17.2 Å². The molecule has 0 radical (unpaired) electrons. The summed E-state index contributed by atoms with van der Waals surface area (Å²) in [5, 5.41) is 22.5. The topological polar surface area (TPSA) is 102 Å². The van der Waals surface area contributed by atoms with Crippen LogP contribution in [0.3, 0.4) is 0 Å². The van der Waals surface area contributed by atoms with Crippen LogP contribution in [-0.2, 0) is 6.42 Å². The Hall–Kier alpha value is -2.81. The number of fused-ring (bicyclic) bond motifs is 1. The van der Waals surface area contributed by atoms with Gasteiger partial charge in [-0.05, 0) is 29.8 Å². The number of nitrogens with two attached hydrogens (primary N) is 1. The second-order valence-corrected chi connectivity index (χ2v) is 7.83. The van der Waals surface area contributed by atoms with Crippen LogP contribution in [0.4, 0.5) is 0 Å². The van der Waals surface area contributed by atoms with Crippen molar-refractivity contribution in [1.82, 2.24) is 0 Å². The molecular weight excluding hydrogens is 406 g/mol. The molecule has 0 saturated heterocycles. The number of aliphatic hydroxyl groups excluding tert-OH is 1. The maximum Gasteiger partial charge on any atom is 0.349 e. The lowest BCUT2D eigenvalue weighted by Gasteiger charge is -2.12. The van der Waals surface area contributed by atoms with Gasteiger partial charge >= 0.3 is 5.97 Å². The third kappa shape index (κ3) is 5.21. The normalized spacial score (nSPS) is 12.0. The fourth-order valence-electron chi connectivity index (χ4n) is 3.17. The Morgan fingerprint density at radius 2 is 1.90 bits per heavy atom. The number of thiophene rings is 1. The third-order valence-corrected chi connectivity index (χ3v) is 5.83. The fraction of sp³-hybridized carbons (Fsp3) is 0.318. The number of aliphatic hydroxyl groups is 1. The number of hydrogen-bond acceptors (Lipinski definition) is 6. The van der Waals surface area contributed by atoms with Gasteiger partial charge in [-0.3, -0.25) is 0 Å². The minimum absolute atomic E-state index is 0.0356. The van der Waals surface area contributed by atoms with Crippen molar-refractivity contribution in [2.45, 2.75) is 12.5 Å². The van der Waals surface area contributed by atoms with Gasteiger partial charge in [0.15, 0.2) is 22.1 Å². The first-order valence-corrected chi connectivity index (χ1v) is 10.4. The van der Waals surface area contributed by atoms with Gasteiger partial charge in [-0.2, -0.15) is 0 Å². The molecule has 0 aliphatic carbocycles. The molecule has 0 aliphatic rings. The van der Waals surface area contributed by atoms with E-state index in [0.717, 1.165) is 28.6 Å². The zero-order valence-corrected chi connectivity index (χ0v) is 17.8. The summed E-state index contributed by atoms with van der Waals surface area (Å²) in [7, 11) is 3.21. The fourth-order valence-corrected chi connectivity index (χ4v) is 4.15. The third-order valence-electron chi connectivity index (χ3n) is 4.69. The maximum absolute atomic E-state index is 11.5. The predicted octanol–water partition coefficient (Wildman–Crippen LogP) is 2.16. The van der Waals surface area contributed by atoms with Gasteiger partial charge < -0.3 is 29.7 Å². The summed E-state index contributed by atoms with van der Waals surface area (Å²) in [5.74, 6) is 0.690. The quantitative estimate of drug-likeness (QED) is 0.402. The molecule has 1 heterocycles. The number of rotatable bonds is 11. The number of aromatic carboxylic acids is 1. The SMILES string of the molecule is COc1ccc(CC[NH2+]CC(O)COc2c(C(=O)O)sc3ccccc23)cc1OC.